The zero-order valence-electron chi connectivity index (χ0n) is 17.1. The van der Waals surface area contributed by atoms with Crippen LogP contribution < -0.4 is 0 Å². The van der Waals surface area contributed by atoms with Crippen molar-refractivity contribution in [1.82, 2.24) is 0 Å². The number of benzene rings is 2. The summed E-state index contributed by atoms with van der Waals surface area (Å²) in [6.07, 6.45) is 11.9. The van der Waals surface area contributed by atoms with Gasteiger partial charge < -0.3 is 0 Å². The van der Waals surface area contributed by atoms with E-state index in [1.807, 2.05) is 6.07 Å². The molecule has 3 rings (SSSR count). The van der Waals surface area contributed by atoms with Crippen LogP contribution in [0.15, 0.2) is 42.5 Å². The van der Waals surface area contributed by atoms with Gasteiger partial charge in [0.15, 0.2) is 0 Å². The number of hydrogen-bond donors (Lipinski definition) is 0. The van der Waals surface area contributed by atoms with Crippen LogP contribution in [-0.4, -0.2) is 0 Å². The van der Waals surface area contributed by atoms with Crippen LogP contribution in [0.4, 0.5) is 4.39 Å². The fourth-order valence-electron chi connectivity index (χ4n) is 4.47. The molecule has 0 bridgehead atoms. The summed E-state index contributed by atoms with van der Waals surface area (Å²) in [6.45, 7) is 4.48. The SMILES string of the molecule is CCc1ccc(CCc2ccc(CCC3CCC(CC)CC3)cc2F)cc1. The zero-order valence-corrected chi connectivity index (χ0v) is 17.1. The molecule has 2 aromatic rings. The van der Waals surface area contributed by atoms with Gasteiger partial charge in [0.05, 0.1) is 0 Å². The lowest BCUT2D eigenvalue weighted by molar-refractivity contribution is 0.258. The molecule has 1 saturated carbocycles. The van der Waals surface area contributed by atoms with Crippen LogP contribution in [0, 0.1) is 17.7 Å². The normalized spacial score (nSPS) is 20.0. The monoisotopic (exact) mass is 366 g/mol. The molecule has 1 fully saturated rings. The van der Waals surface area contributed by atoms with Gasteiger partial charge in [-0.15, -0.1) is 0 Å². The molecule has 27 heavy (non-hydrogen) atoms. The van der Waals surface area contributed by atoms with E-state index in [-0.39, 0.29) is 5.82 Å². The molecule has 0 aromatic heterocycles. The lowest BCUT2D eigenvalue weighted by Gasteiger charge is -2.27. The summed E-state index contributed by atoms with van der Waals surface area (Å²) in [5.74, 6) is 1.78. The van der Waals surface area contributed by atoms with E-state index in [0.29, 0.717) is 0 Å². The minimum absolute atomic E-state index is 0.0210. The van der Waals surface area contributed by atoms with E-state index >= 15 is 0 Å². The fourth-order valence-corrected chi connectivity index (χ4v) is 4.47. The Morgan fingerprint density at radius 2 is 1.37 bits per heavy atom. The Labute approximate surface area is 165 Å². The quantitative estimate of drug-likeness (QED) is 0.459. The molecule has 0 atom stereocenters. The smallest absolute Gasteiger partial charge is 0.126 e. The highest BCUT2D eigenvalue weighted by molar-refractivity contribution is 5.27. The highest BCUT2D eigenvalue weighted by atomic mass is 19.1. The van der Waals surface area contributed by atoms with Gasteiger partial charge in [0.2, 0.25) is 0 Å². The Kier molecular flexibility index (Phi) is 7.50. The van der Waals surface area contributed by atoms with Crippen LogP contribution in [0.5, 0.6) is 0 Å². The topological polar surface area (TPSA) is 0 Å². The summed E-state index contributed by atoms with van der Waals surface area (Å²) >= 11 is 0. The van der Waals surface area contributed by atoms with Crippen molar-refractivity contribution in [3.63, 3.8) is 0 Å². The molecule has 0 nitrogen and oxygen atoms in total. The molecule has 0 aliphatic heterocycles. The van der Waals surface area contributed by atoms with Gasteiger partial charge in [-0.05, 0) is 72.3 Å². The van der Waals surface area contributed by atoms with Crippen molar-refractivity contribution in [2.75, 3.05) is 0 Å². The van der Waals surface area contributed by atoms with Gasteiger partial charge in [-0.3, -0.25) is 0 Å². The third-order valence-corrected chi connectivity index (χ3v) is 6.62. The van der Waals surface area contributed by atoms with Gasteiger partial charge in [0, 0.05) is 0 Å². The molecule has 0 unspecified atom stereocenters. The van der Waals surface area contributed by atoms with Crippen molar-refractivity contribution in [3.8, 4) is 0 Å². The average Bonchev–Trinajstić information content (AvgIpc) is 2.72. The van der Waals surface area contributed by atoms with E-state index in [4.69, 9.17) is 0 Å². The first-order chi connectivity index (χ1) is 13.2. The van der Waals surface area contributed by atoms with Crippen LogP contribution in [0.3, 0.4) is 0 Å². The summed E-state index contributed by atoms with van der Waals surface area (Å²) in [4.78, 5) is 0. The number of rotatable bonds is 8. The third-order valence-electron chi connectivity index (χ3n) is 6.62. The predicted molar refractivity (Wildman–Crippen MR) is 114 cm³/mol. The second kappa shape index (κ2) is 10.1. The van der Waals surface area contributed by atoms with Crippen LogP contribution in [0.1, 0.15) is 74.6 Å². The summed E-state index contributed by atoms with van der Waals surface area (Å²) < 4.78 is 14.5. The van der Waals surface area contributed by atoms with Crippen molar-refractivity contribution >= 4 is 0 Å². The highest BCUT2D eigenvalue weighted by Crippen LogP contribution is 2.33. The largest absolute Gasteiger partial charge is 0.207 e. The van der Waals surface area contributed by atoms with Crippen molar-refractivity contribution < 1.29 is 4.39 Å². The van der Waals surface area contributed by atoms with Gasteiger partial charge in [-0.1, -0.05) is 82.3 Å². The third kappa shape index (κ3) is 5.92. The molecular formula is C26H35F. The maximum atomic E-state index is 14.5. The van der Waals surface area contributed by atoms with Crippen molar-refractivity contribution in [1.29, 1.82) is 0 Å². The molecule has 1 aliphatic carbocycles. The summed E-state index contributed by atoms with van der Waals surface area (Å²) in [5.41, 5.74) is 4.67. The molecule has 2 aromatic carbocycles. The van der Waals surface area contributed by atoms with Gasteiger partial charge in [0.1, 0.15) is 5.82 Å². The van der Waals surface area contributed by atoms with Crippen LogP contribution in [0.2, 0.25) is 0 Å². The van der Waals surface area contributed by atoms with Crippen LogP contribution in [0.25, 0.3) is 0 Å². The highest BCUT2D eigenvalue weighted by Gasteiger charge is 2.19. The average molecular weight is 367 g/mol. The first kappa shape index (κ1) is 20.1. The van der Waals surface area contributed by atoms with E-state index in [2.05, 4.69) is 44.2 Å². The minimum Gasteiger partial charge on any atom is -0.207 e. The van der Waals surface area contributed by atoms with Gasteiger partial charge in [-0.25, -0.2) is 4.39 Å². The van der Waals surface area contributed by atoms with E-state index in [1.54, 1.807) is 6.07 Å². The fraction of sp³-hybridized carbons (Fsp3) is 0.538. The Bertz CT molecular complexity index is 693. The Hall–Kier alpha value is -1.63. The van der Waals surface area contributed by atoms with Gasteiger partial charge in [-0.2, -0.15) is 0 Å². The Morgan fingerprint density at radius 1 is 0.741 bits per heavy atom. The predicted octanol–water partition coefficient (Wildman–Crippen LogP) is 7.32. The summed E-state index contributed by atoms with van der Waals surface area (Å²) in [6, 6.07) is 14.7. The van der Waals surface area contributed by atoms with E-state index in [9.17, 15) is 4.39 Å². The number of halogens is 1. The van der Waals surface area contributed by atoms with Crippen LogP contribution in [-0.2, 0) is 25.7 Å². The van der Waals surface area contributed by atoms with Crippen molar-refractivity contribution in [2.24, 2.45) is 11.8 Å². The van der Waals surface area contributed by atoms with Gasteiger partial charge in [0.25, 0.3) is 0 Å². The standard InChI is InChI=1S/C26H35F/c1-3-20-5-9-22(10-6-20)13-14-24-16-18-25(26(27)19-24)17-15-23-11-7-21(4-2)8-12-23/h7-8,11-12,16,18-20,22H,3-6,9-10,13-15,17H2,1-2H3. The van der Waals surface area contributed by atoms with Crippen molar-refractivity contribution in [2.45, 2.75) is 78.1 Å². The summed E-state index contributed by atoms with van der Waals surface area (Å²) in [5, 5.41) is 0. The molecule has 0 N–H and O–H groups in total. The number of hydrogen-bond acceptors (Lipinski definition) is 0. The lowest BCUT2D eigenvalue weighted by atomic mass is 9.78. The minimum atomic E-state index is -0.0210. The van der Waals surface area contributed by atoms with Crippen LogP contribution >= 0.6 is 0 Å². The first-order valence-corrected chi connectivity index (χ1v) is 11.0. The molecule has 1 aliphatic rings. The molecule has 0 heterocycles. The van der Waals surface area contributed by atoms with E-state index < -0.39 is 0 Å². The maximum Gasteiger partial charge on any atom is 0.126 e. The first-order valence-electron chi connectivity index (χ1n) is 11.0. The van der Waals surface area contributed by atoms with E-state index in [1.165, 1.54) is 55.2 Å². The zero-order chi connectivity index (χ0) is 19.1. The maximum absolute atomic E-state index is 14.5. The molecule has 0 radical (unpaired) electrons. The summed E-state index contributed by atoms with van der Waals surface area (Å²) in [7, 11) is 0. The molecular weight excluding hydrogens is 331 g/mol. The Balaban J connectivity index is 1.48. The van der Waals surface area contributed by atoms with E-state index in [0.717, 1.165) is 43.1 Å². The molecule has 1 heteroatoms. The molecule has 146 valence electrons. The van der Waals surface area contributed by atoms with Gasteiger partial charge >= 0.3 is 0 Å². The molecule has 0 saturated heterocycles. The Morgan fingerprint density at radius 3 is 2.00 bits per heavy atom. The molecule has 0 amide bonds. The molecule has 0 spiro atoms. The second-order valence-corrected chi connectivity index (χ2v) is 8.43. The number of aryl methyl sites for hydroxylation is 4. The van der Waals surface area contributed by atoms with Crippen molar-refractivity contribution in [3.05, 3.63) is 70.5 Å². The lowest BCUT2D eigenvalue weighted by Crippen LogP contribution is -2.14. The second-order valence-electron chi connectivity index (χ2n) is 8.43.